The topological polar surface area (TPSA) is 73.6 Å². The van der Waals surface area contributed by atoms with E-state index in [2.05, 4.69) is 5.32 Å². The summed E-state index contributed by atoms with van der Waals surface area (Å²) < 4.78 is 10.9. The van der Waals surface area contributed by atoms with Crippen molar-refractivity contribution < 1.29 is 14.3 Å². The van der Waals surface area contributed by atoms with Gasteiger partial charge in [0.05, 0.1) is 13.7 Å². The van der Waals surface area contributed by atoms with Crippen molar-refractivity contribution in [2.45, 2.75) is 32.2 Å². The number of rotatable bonds is 10. The maximum Gasteiger partial charge on any atom is 0.221 e. The third-order valence-corrected chi connectivity index (χ3v) is 4.13. The van der Waals surface area contributed by atoms with Gasteiger partial charge in [0.1, 0.15) is 0 Å². The molecule has 1 unspecified atom stereocenters. The molecule has 0 saturated carbocycles. The van der Waals surface area contributed by atoms with Gasteiger partial charge in [-0.3, -0.25) is 4.79 Å². The number of nitrogens with one attached hydrogen (secondary N) is 1. The van der Waals surface area contributed by atoms with Crippen LogP contribution in [0.5, 0.6) is 11.5 Å². The Hall–Kier alpha value is -2.24. The molecule has 6 heteroatoms. The zero-order chi connectivity index (χ0) is 18.8. The molecule has 2 aromatic carbocycles. The van der Waals surface area contributed by atoms with Crippen molar-refractivity contribution in [2.75, 3.05) is 20.3 Å². The molecule has 0 fully saturated rings. The van der Waals surface area contributed by atoms with Crippen molar-refractivity contribution in [1.29, 1.82) is 0 Å². The van der Waals surface area contributed by atoms with Gasteiger partial charge in [0.2, 0.25) is 5.91 Å². The van der Waals surface area contributed by atoms with E-state index in [1.54, 1.807) is 7.11 Å². The Balaban J connectivity index is 0.00000364. The van der Waals surface area contributed by atoms with E-state index >= 15 is 0 Å². The maximum atomic E-state index is 12.0. The van der Waals surface area contributed by atoms with Crippen LogP contribution in [0.3, 0.4) is 0 Å². The summed E-state index contributed by atoms with van der Waals surface area (Å²) in [6.07, 6.45) is 2.00. The van der Waals surface area contributed by atoms with Gasteiger partial charge in [-0.1, -0.05) is 36.4 Å². The van der Waals surface area contributed by atoms with Gasteiger partial charge in [0.25, 0.3) is 0 Å². The summed E-state index contributed by atoms with van der Waals surface area (Å²) in [6.45, 7) is 3.16. The largest absolute Gasteiger partial charge is 0.493 e. The molecular formula is C21H29ClN2O3. The fourth-order valence-electron chi connectivity index (χ4n) is 2.76. The molecule has 0 heterocycles. The number of benzene rings is 2. The highest BCUT2D eigenvalue weighted by molar-refractivity contribution is 5.85. The minimum absolute atomic E-state index is 0. The minimum Gasteiger partial charge on any atom is -0.493 e. The van der Waals surface area contributed by atoms with Crippen molar-refractivity contribution >= 4 is 18.3 Å². The lowest BCUT2D eigenvalue weighted by atomic mass is 10.0. The smallest absolute Gasteiger partial charge is 0.221 e. The summed E-state index contributed by atoms with van der Waals surface area (Å²) in [5.74, 6) is 1.47. The van der Waals surface area contributed by atoms with Crippen LogP contribution in [-0.2, 0) is 11.2 Å². The second-order valence-corrected chi connectivity index (χ2v) is 6.09. The van der Waals surface area contributed by atoms with Crippen molar-refractivity contribution in [3.05, 3.63) is 59.7 Å². The zero-order valence-corrected chi connectivity index (χ0v) is 16.8. The van der Waals surface area contributed by atoms with E-state index in [0.29, 0.717) is 19.6 Å². The summed E-state index contributed by atoms with van der Waals surface area (Å²) in [7, 11) is 1.63. The fourth-order valence-corrected chi connectivity index (χ4v) is 2.76. The van der Waals surface area contributed by atoms with E-state index in [0.717, 1.165) is 35.5 Å². The van der Waals surface area contributed by atoms with Gasteiger partial charge in [-0.25, -0.2) is 0 Å². The molecule has 0 bridgehead atoms. The third kappa shape index (κ3) is 7.49. The molecular weight excluding hydrogens is 364 g/mol. The molecule has 0 aliphatic carbocycles. The van der Waals surface area contributed by atoms with Gasteiger partial charge in [-0.05, 0) is 43.0 Å². The second-order valence-electron chi connectivity index (χ2n) is 6.09. The van der Waals surface area contributed by atoms with Crippen molar-refractivity contribution in [2.24, 2.45) is 5.73 Å². The summed E-state index contributed by atoms with van der Waals surface area (Å²) in [5.41, 5.74) is 8.21. The quantitative estimate of drug-likeness (QED) is 0.605. The normalized spacial score (nSPS) is 11.2. The van der Waals surface area contributed by atoms with Crippen LogP contribution in [0.2, 0.25) is 0 Å². The van der Waals surface area contributed by atoms with Crippen molar-refractivity contribution in [3.8, 4) is 11.5 Å². The highest BCUT2D eigenvalue weighted by atomic mass is 35.5. The molecule has 0 aromatic heterocycles. The molecule has 5 nitrogen and oxygen atoms in total. The summed E-state index contributed by atoms with van der Waals surface area (Å²) in [4.78, 5) is 12.0. The molecule has 148 valence electrons. The van der Waals surface area contributed by atoms with Gasteiger partial charge in [-0.2, -0.15) is 0 Å². The van der Waals surface area contributed by atoms with Gasteiger partial charge in [0.15, 0.2) is 11.5 Å². The predicted octanol–water partition coefficient (Wildman–Crippen LogP) is 3.65. The number of hydrogen-bond donors (Lipinski definition) is 2. The lowest BCUT2D eigenvalue weighted by Crippen LogP contribution is -2.28. The molecule has 1 atom stereocenters. The van der Waals surface area contributed by atoms with Crippen LogP contribution in [0.1, 0.15) is 36.9 Å². The monoisotopic (exact) mass is 392 g/mol. The van der Waals surface area contributed by atoms with Crippen LogP contribution >= 0.6 is 12.4 Å². The average Bonchev–Trinajstić information content (AvgIpc) is 2.66. The van der Waals surface area contributed by atoms with Crippen molar-refractivity contribution in [3.63, 3.8) is 0 Å². The molecule has 0 aliphatic rings. The number of ether oxygens (including phenoxy) is 2. The Morgan fingerprint density at radius 2 is 1.89 bits per heavy atom. The summed E-state index contributed by atoms with van der Waals surface area (Å²) in [5, 5.41) is 2.94. The Kier molecular flexibility index (Phi) is 10.3. The first kappa shape index (κ1) is 22.8. The standard InChI is InChI=1S/C21H28N2O3.ClH/c1-3-26-20-14-16(11-12-19(20)25-2)8-7-13-23-21(24)15-18(22)17-9-5-4-6-10-17;/h4-6,9-12,14,18H,3,7-8,13,15,22H2,1-2H3,(H,23,24);1H. The molecule has 3 N–H and O–H groups in total. The average molecular weight is 393 g/mol. The number of carbonyl (C=O) groups is 1. The van der Waals surface area contributed by atoms with E-state index < -0.39 is 0 Å². The predicted molar refractivity (Wildman–Crippen MR) is 111 cm³/mol. The van der Waals surface area contributed by atoms with Gasteiger partial charge >= 0.3 is 0 Å². The molecule has 27 heavy (non-hydrogen) atoms. The Labute approximate surface area is 167 Å². The Morgan fingerprint density at radius 1 is 1.15 bits per heavy atom. The number of halogens is 1. The molecule has 1 amide bonds. The van der Waals surface area contributed by atoms with Crippen LogP contribution in [0, 0.1) is 0 Å². The summed E-state index contributed by atoms with van der Waals surface area (Å²) >= 11 is 0. The molecule has 0 aliphatic heterocycles. The number of methoxy groups -OCH3 is 1. The van der Waals surface area contributed by atoms with Crippen LogP contribution in [-0.4, -0.2) is 26.2 Å². The van der Waals surface area contributed by atoms with E-state index in [9.17, 15) is 4.79 Å². The number of nitrogens with two attached hydrogens (primary N) is 1. The van der Waals surface area contributed by atoms with Crippen LogP contribution in [0.15, 0.2) is 48.5 Å². The molecule has 0 saturated heterocycles. The zero-order valence-electron chi connectivity index (χ0n) is 15.9. The Bertz CT molecular complexity index is 695. The SMILES string of the molecule is CCOc1cc(CCCNC(=O)CC(N)c2ccccc2)ccc1OC.Cl. The summed E-state index contributed by atoms with van der Waals surface area (Å²) in [6, 6.07) is 15.3. The minimum atomic E-state index is -0.272. The van der Waals surface area contributed by atoms with Crippen LogP contribution in [0.4, 0.5) is 0 Å². The number of carbonyl (C=O) groups excluding carboxylic acids is 1. The first-order chi connectivity index (χ1) is 12.6. The van der Waals surface area contributed by atoms with E-state index in [-0.39, 0.29) is 24.4 Å². The fraction of sp³-hybridized carbons (Fsp3) is 0.381. The highest BCUT2D eigenvalue weighted by Gasteiger charge is 2.11. The van der Waals surface area contributed by atoms with Gasteiger partial charge in [0, 0.05) is 19.0 Å². The first-order valence-electron chi connectivity index (χ1n) is 9.01. The third-order valence-electron chi connectivity index (χ3n) is 4.13. The Morgan fingerprint density at radius 3 is 2.56 bits per heavy atom. The molecule has 2 aromatic rings. The van der Waals surface area contributed by atoms with E-state index in [1.165, 1.54) is 0 Å². The van der Waals surface area contributed by atoms with Gasteiger partial charge < -0.3 is 20.5 Å². The van der Waals surface area contributed by atoms with Gasteiger partial charge in [-0.15, -0.1) is 12.4 Å². The number of amides is 1. The van der Waals surface area contributed by atoms with E-state index in [4.69, 9.17) is 15.2 Å². The van der Waals surface area contributed by atoms with Crippen LogP contribution in [0.25, 0.3) is 0 Å². The van der Waals surface area contributed by atoms with E-state index in [1.807, 2.05) is 55.5 Å². The second kappa shape index (κ2) is 12.2. The molecule has 0 radical (unpaired) electrons. The highest BCUT2D eigenvalue weighted by Crippen LogP contribution is 2.28. The lowest BCUT2D eigenvalue weighted by Gasteiger charge is -2.13. The lowest BCUT2D eigenvalue weighted by molar-refractivity contribution is -0.121. The first-order valence-corrected chi connectivity index (χ1v) is 9.01. The van der Waals surface area contributed by atoms with Crippen LogP contribution < -0.4 is 20.5 Å². The molecule has 2 rings (SSSR count). The molecule has 0 spiro atoms. The van der Waals surface area contributed by atoms with Crippen molar-refractivity contribution in [1.82, 2.24) is 5.32 Å². The number of aryl methyl sites for hydroxylation is 1. The number of hydrogen-bond acceptors (Lipinski definition) is 4. The maximum absolute atomic E-state index is 12.0.